The molecule has 1 aromatic carbocycles. The molecule has 4 heteroatoms. The van der Waals surface area contributed by atoms with Gasteiger partial charge in [0.15, 0.2) is 0 Å². The first kappa shape index (κ1) is 7.79. The molecule has 66 valence electrons. The van der Waals surface area contributed by atoms with E-state index in [2.05, 4.69) is 10.6 Å². The predicted molar refractivity (Wildman–Crippen MR) is 47.4 cm³/mol. The molecule has 2 N–H and O–H groups in total. The molecule has 13 heavy (non-hydrogen) atoms. The summed E-state index contributed by atoms with van der Waals surface area (Å²) in [6, 6.07) is 7.02. The Morgan fingerprint density at radius 3 is 2.77 bits per heavy atom. The summed E-state index contributed by atoms with van der Waals surface area (Å²) in [6.07, 6.45) is 0. The molecular formula is C9H8N2O2. The molecule has 0 radical (unpaired) electrons. The number of benzene rings is 1. The lowest BCUT2D eigenvalue weighted by molar-refractivity contribution is -0.118. The highest BCUT2D eigenvalue weighted by molar-refractivity contribution is 6.10. The van der Waals surface area contributed by atoms with Gasteiger partial charge in [0.05, 0.1) is 12.1 Å². The van der Waals surface area contributed by atoms with Crippen LogP contribution in [0.5, 0.6) is 0 Å². The highest BCUT2D eigenvalue weighted by atomic mass is 16.2. The first-order valence-electron chi connectivity index (χ1n) is 3.94. The first-order valence-corrected chi connectivity index (χ1v) is 3.94. The summed E-state index contributed by atoms with van der Waals surface area (Å²) in [5, 5.41) is 5.13. The van der Waals surface area contributed by atoms with Gasteiger partial charge in [-0.25, -0.2) is 0 Å². The average Bonchev–Trinajstić information content (AvgIpc) is 2.27. The van der Waals surface area contributed by atoms with Crippen molar-refractivity contribution in [3.8, 4) is 0 Å². The Labute approximate surface area is 74.9 Å². The van der Waals surface area contributed by atoms with E-state index in [1.54, 1.807) is 18.2 Å². The van der Waals surface area contributed by atoms with Crippen LogP contribution >= 0.6 is 0 Å². The third-order valence-corrected chi connectivity index (χ3v) is 1.86. The Kier molecular flexibility index (Phi) is 1.73. The number of nitrogens with one attached hydrogen (secondary N) is 2. The van der Waals surface area contributed by atoms with Gasteiger partial charge in [0.2, 0.25) is 5.91 Å². The molecule has 0 saturated heterocycles. The van der Waals surface area contributed by atoms with E-state index in [1.807, 2.05) is 6.07 Å². The Hall–Kier alpha value is -1.84. The van der Waals surface area contributed by atoms with Gasteiger partial charge < -0.3 is 5.32 Å². The van der Waals surface area contributed by atoms with Crippen LogP contribution in [-0.2, 0) is 4.79 Å². The zero-order chi connectivity index (χ0) is 9.26. The monoisotopic (exact) mass is 176 g/mol. The molecule has 1 aromatic rings. The minimum absolute atomic E-state index is 0.142. The van der Waals surface area contributed by atoms with Gasteiger partial charge in [0.1, 0.15) is 0 Å². The molecule has 0 aliphatic carbocycles. The zero-order valence-electron chi connectivity index (χ0n) is 6.83. The SMILES string of the molecule is O=C1CNc2ccccc2C(=O)N1. The quantitative estimate of drug-likeness (QED) is 0.561. The van der Waals surface area contributed by atoms with Crippen molar-refractivity contribution in [3.05, 3.63) is 29.8 Å². The number of carbonyl (C=O) groups excluding carboxylic acids is 2. The van der Waals surface area contributed by atoms with E-state index in [1.165, 1.54) is 0 Å². The van der Waals surface area contributed by atoms with E-state index in [9.17, 15) is 9.59 Å². The van der Waals surface area contributed by atoms with Crippen molar-refractivity contribution >= 4 is 17.5 Å². The van der Waals surface area contributed by atoms with E-state index >= 15 is 0 Å². The number of hydrogen-bond donors (Lipinski definition) is 2. The molecule has 0 bridgehead atoms. The van der Waals surface area contributed by atoms with Crippen molar-refractivity contribution in [2.45, 2.75) is 0 Å². The Morgan fingerprint density at radius 2 is 1.92 bits per heavy atom. The summed E-state index contributed by atoms with van der Waals surface area (Å²) >= 11 is 0. The summed E-state index contributed by atoms with van der Waals surface area (Å²) in [4.78, 5) is 22.3. The summed E-state index contributed by atoms with van der Waals surface area (Å²) in [5.41, 5.74) is 1.21. The Bertz CT molecular complexity index is 374. The fourth-order valence-corrected chi connectivity index (χ4v) is 1.25. The summed E-state index contributed by atoms with van der Waals surface area (Å²) in [6.45, 7) is 0.142. The number of imide groups is 1. The van der Waals surface area contributed by atoms with Crippen molar-refractivity contribution in [2.75, 3.05) is 11.9 Å². The molecule has 0 spiro atoms. The number of hydrogen-bond acceptors (Lipinski definition) is 3. The maximum atomic E-state index is 11.3. The van der Waals surface area contributed by atoms with Gasteiger partial charge in [-0.05, 0) is 12.1 Å². The van der Waals surface area contributed by atoms with E-state index in [4.69, 9.17) is 0 Å². The molecule has 4 nitrogen and oxygen atoms in total. The summed E-state index contributed by atoms with van der Waals surface area (Å²) in [5.74, 6) is -0.646. The van der Waals surface area contributed by atoms with Crippen LogP contribution in [0.25, 0.3) is 0 Å². The van der Waals surface area contributed by atoms with E-state index < -0.39 is 0 Å². The van der Waals surface area contributed by atoms with Gasteiger partial charge >= 0.3 is 0 Å². The van der Waals surface area contributed by atoms with Crippen LogP contribution in [-0.4, -0.2) is 18.4 Å². The largest absolute Gasteiger partial charge is 0.375 e. The van der Waals surface area contributed by atoms with Crippen LogP contribution in [0.4, 0.5) is 5.69 Å². The second-order valence-electron chi connectivity index (χ2n) is 2.78. The molecule has 1 aliphatic rings. The second kappa shape index (κ2) is 2.90. The summed E-state index contributed by atoms with van der Waals surface area (Å²) in [7, 11) is 0. The van der Waals surface area contributed by atoms with Gasteiger partial charge in [-0.15, -0.1) is 0 Å². The van der Waals surface area contributed by atoms with Crippen LogP contribution in [0.2, 0.25) is 0 Å². The highest BCUT2D eigenvalue weighted by Gasteiger charge is 2.17. The van der Waals surface area contributed by atoms with Gasteiger partial charge in [-0.2, -0.15) is 0 Å². The smallest absolute Gasteiger partial charge is 0.259 e. The van der Waals surface area contributed by atoms with Crippen LogP contribution in [0.3, 0.4) is 0 Å². The van der Waals surface area contributed by atoms with Crippen molar-refractivity contribution < 1.29 is 9.59 Å². The number of fused-ring (bicyclic) bond motifs is 1. The number of amides is 2. The van der Waals surface area contributed by atoms with Crippen LogP contribution < -0.4 is 10.6 Å². The average molecular weight is 176 g/mol. The van der Waals surface area contributed by atoms with E-state index in [-0.39, 0.29) is 18.4 Å². The number of rotatable bonds is 0. The molecule has 2 rings (SSSR count). The maximum absolute atomic E-state index is 11.3. The number of para-hydroxylation sites is 1. The second-order valence-corrected chi connectivity index (χ2v) is 2.78. The number of carbonyl (C=O) groups is 2. The van der Waals surface area contributed by atoms with Crippen molar-refractivity contribution in [1.29, 1.82) is 0 Å². The molecule has 0 unspecified atom stereocenters. The fraction of sp³-hybridized carbons (Fsp3) is 0.111. The Balaban J connectivity index is 2.46. The third kappa shape index (κ3) is 1.38. The van der Waals surface area contributed by atoms with Crippen molar-refractivity contribution in [1.82, 2.24) is 5.32 Å². The maximum Gasteiger partial charge on any atom is 0.259 e. The zero-order valence-corrected chi connectivity index (χ0v) is 6.83. The molecule has 0 aromatic heterocycles. The molecule has 0 saturated carbocycles. The lowest BCUT2D eigenvalue weighted by atomic mass is 10.2. The lowest BCUT2D eigenvalue weighted by Gasteiger charge is -2.02. The van der Waals surface area contributed by atoms with Crippen molar-refractivity contribution in [3.63, 3.8) is 0 Å². The van der Waals surface area contributed by atoms with Gasteiger partial charge in [-0.1, -0.05) is 12.1 Å². The molecule has 2 amide bonds. The van der Waals surface area contributed by atoms with E-state index in [0.29, 0.717) is 11.3 Å². The third-order valence-electron chi connectivity index (χ3n) is 1.86. The van der Waals surface area contributed by atoms with Crippen molar-refractivity contribution in [2.24, 2.45) is 0 Å². The van der Waals surface area contributed by atoms with Gasteiger partial charge in [0, 0.05) is 5.69 Å². The molecule has 0 fully saturated rings. The molecule has 1 heterocycles. The minimum Gasteiger partial charge on any atom is -0.375 e. The topological polar surface area (TPSA) is 58.2 Å². The van der Waals surface area contributed by atoms with Crippen LogP contribution in [0.15, 0.2) is 24.3 Å². The Morgan fingerprint density at radius 1 is 1.15 bits per heavy atom. The lowest BCUT2D eigenvalue weighted by Crippen LogP contribution is -2.31. The van der Waals surface area contributed by atoms with E-state index in [0.717, 1.165) is 0 Å². The molecule has 0 atom stereocenters. The van der Waals surface area contributed by atoms with Crippen LogP contribution in [0.1, 0.15) is 10.4 Å². The normalized spacial score (nSPS) is 15.4. The van der Waals surface area contributed by atoms with Crippen LogP contribution in [0, 0.1) is 0 Å². The standard InChI is InChI=1S/C9H8N2O2/c12-8-5-10-7-4-2-1-3-6(7)9(13)11-8/h1-4,10H,5H2,(H,11,12,13). The minimum atomic E-state index is -0.342. The van der Waals surface area contributed by atoms with Gasteiger partial charge in [-0.3, -0.25) is 14.9 Å². The predicted octanol–water partition coefficient (Wildman–Crippen LogP) is 0.368. The van der Waals surface area contributed by atoms with Gasteiger partial charge in [0.25, 0.3) is 5.91 Å². The summed E-state index contributed by atoms with van der Waals surface area (Å²) < 4.78 is 0. The fourth-order valence-electron chi connectivity index (χ4n) is 1.25. The number of anilines is 1. The molecular weight excluding hydrogens is 168 g/mol. The highest BCUT2D eigenvalue weighted by Crippen LogP contribution is 2.15. The molecule has 1 aliphatic heterocycles. The first-order chi connectivity index (χ1) is 6.27.